The van der Waals surface area contributed by atoms with Gasteiger partial charge in [0.1, 0.15) is 0 Å². The number of hydrogen-bond donors (Lipinski definition) is 1. The molecule has 20 heavy (non-hydrogen) atoms. The van der Waals surface area contributed by atoms with Crippen LogP contribution in [0, 0.1) is 0 Å². The SMILES string of the molecule is CCCCCCC(C)NC(=O)c1ccccc1SCC. The lowest BCUT2D eigenvalue weighted by atomic mass is 10.1. The van der Waals surface area contributed by atoms with Gasteiger partial charge in [0.2, 0.25) is 0 Å². The van der Waals surface area contributed by atoms with Crippen LogP contribution in [-0.2, 0) is 0 Å². The van der Waals surface area contributed by atoms with Crippen LogP contribution in [0.5, 0.6) is 0 Å². The Morgan fingerprint density at radius 3 is 2.65 bits per heavy atom. The van der Waals surface area contributed by atoms with Crippen LogP contribution in [0.4, 0.5) is 0 Å². The zero-order chi connectivity index (χ0) is 14.8. The van der Waals surface area contributed by atoms with Crippen LogP contribution < -0.4 is 5.32 Å². The van der Waals surface area contributed by atoms with Crippen molar-refractivity contribution in [1.29, 1.82) is 0 Å². The fraction of sp³-hybridized carbons (Fsp3) is 0.588. The zero-order valence-electron chi connectivity index (χ0n) is 12.9. The van der Waals surface area contributed by atoms with Gasteiger partial charge in [0.15, 0.2) is 0 Å². The van der Waals surface area contributed by atoms with Crippen LogP contribution in [-0.4, -0.2) is 17.7 Å². The predicted molar refractivity (Wildman–Crippen MR) is 88.5 cm³/mol. The van der Waals surface area contributed by atoms with Crippen molar-refractivity contribution in [2.75, 3.05) is 5.75 Å². The molecule has 2 nitrogen and oxygen atoms in total. The van der Waals surface area contributed by atoms with Crippen LogP contribution in [0.15, 0.2) is 29.2 Å². The average molecular weight is 293 g/mol. The first-order chi connectivity index (χ1) is 9.69. The van der Waals surface area contributed by atoms with Crippen LogP contribution in [0.3, 0.4) is 0 Å². The summed E-state index contributed by atoms with van der Waals surface area (Å²) in [5, 5.41) is 3.12. The predicted octanol–water partition coefficient (Wildman–Crippen LogP) is 4.89. The van der Waals surface area contributed by atoms with Crippen molar-refractivity contribution < 1.29 is 4.79 Å². The summed E-state index contributed by atoms with van der Waals surface area (Å²) in [7, 11) is 0. The van der Waals surface area contributed by atoms with Crippen molar-refractivity contribution in [3.05, 3.63) is 29.8 Å². The number of carbonyl (C=O) groups is 1. The molecule has 1 unspecified atom stereocenters. The van der Waals surface area contributed by atoms with E-state index in [0.717, 1.165) is 22.6 Å². The topological polar surface area (TPSA) is 29.1 Å². The van der Waals surface area contributed by atoms with Crippen LogP contribution in [0.2, 0.25) is 0 Å². The van der Waals surface area contributed by atoms with Crippen molar-refractivity contribution in [2.45, 2.75) is 63.8 Å². The van der Waals surface area contributed by atoms with Crippen molar-refractivity contribution in [2.24, 2.45) is 0 Å². The summed E-state index contributed by atoms with van der Waals surface area (Å²) in [6.07, 6.45) is 6.06. The Morgan fingerprint density at radius 1 is 1.20 bits per heavy atom. The first-order valence-corrected chi connectivity index (χ1v) is 8.70. The standard InChI is InChI=1S/C17H27NOS/c1-4-6-7-8-11-14(3)18-17(19)15-12-9-10-13-16(15)20-5-2/h9-10,12-14H,4-8,11H2,1-3H3,(H,18,19). The van der Waals surface area contributed by atoms with E-state index in [2.05, 4.69) is 26.1 Å². The van der Waals surface area contributed by atoms with Crippen LogP contribution in [0.1, 0.15) is 63.2 Å². The molecule has 0 saturated carbocycles. The van der Waals surface area contributed by atoms with Crippen LogP contribution >= 0.6 is 11.8 Å². The van der Waals surface area contributed by atoms with Gasteiger partial charge < -0.3 is 5.32 Å². The first kappa shape index (κ1) is 17.1. The molecule has 0 aliphatic carbocycles. The molecule has 1 rings (SSSR count). The Kier molecular flexibility index (Phi) is 8.43. The fourth-order valence-corrected chi connectivity index (χ4v) is 2.99. The summed E-state index contributed by atoms with van der Waals surface area (Å²) >= 11 is 1.72. The Labute approximate surface area is 127 Å². The van der Waals surface area contributed by atoms with E-state index in [4.69, 9.17) is 0 Å². The Bertz CT molecular complexity index is 406. The molecule has 1 aromatic rings. The highest BCUT2D eigenvalue weighted by Crippen LogP contribution is 2.22. The molecule has 0 fully saturated rings. The molecule has 3 heteroatoms. The summed E-state index contributed by atoms with van der Waals surface area (Å²) < 4.78 is 0. The number of carbonyl (C=O) groups excluding carboxylic acids is 1. The Balaban J connectivity index is 2.49. The number of thioether (sulfide) groups is 1. The summed E-state index contributed by atoms with van der Waals surface area (Å²) in [6.45, 7) is 6.42. The minimum Gasteiger partial charge on any atom is -0.350 e. The van der Waals surface area contributed by atoms with Gasteiger partial charge in [-0.3, -0.25) is 4.79 Å². The Morgan fingerprint density at radius 2 is 1.95 bits per heavy atom. The maximum Gasteiger partial charge on any atom is 0.252 e. The second kappa shape index (κ2) is 9.87. The molecular weight excluding hydrogens is 266 g/mol. The third-order valence-electron chi connectivity index (χ3n) is 3.30. The molecule has 112 valence electrons. The van der Waals surface area contributed by atoms with Gasteiger partial charge in [-0.2, -0.15) is 0 Å². The molecule has 0 radical (unpaired) electrons. The largest absolute Gasteiger partial charge is 0.350 e. The van der Waals surface area contributed by atoms with Gasteiger partial charge in [-0.05, 0) is 31.2 Å². The highest BCUT2D eigenvalue weighted by atomic mass is 32.2. The van der Waals surface area contributed by atoms with Crippen molar-refractivity contribution in [3.8, 4) is 0 Å². The van der Waals surface area contributed by atoms with Gasteiger partial charge in [-0.25, -0.2) is 0 Å². The minimum absolute atomic E-state index is 0.0598. The van der Waals surface area contributed by atoms with E-state index in [1.165, 1.54) is 25.7 Å². The second-order valence-electron chi connectivity index (χ2n) is 5.15. The number of benzene rings is 1. The van der Waals surface area contributed by atoms with Gasteiger partial charge in [0.05, 0.1) is 5.56 Å². The van der Waals surface area contributed by atoms with E-state index < -0.39 is 0 Å². The summed E-state index contributed by atoms with van der Waals surface area (Å²) in [5.74, 6) is 1.04. The number of rotatable bonds is 9. The van der Waals surface area contributed by atoms with E-state index in [-0.39, 0.29) is 11.9 Å². The number of unbranched alkanes of at least 4 members (excludes halogenated alkanes) is 3. The third kappa shape index (κ3) is 6.00. The van der Waals surface area contributed by atoms with Gasteiger partial charge in [0.25, 0.3) is 5.91 Å². The van der Waals surface area contributed by atoms with Gasteiger partial charge in [0, 0.05) is 10.9 Å². The van der Waals surface area contributed by atoms with Crippen molar-refractivity contribution >= 4 is 17.7 Å². The van der Waals surface area contributed by atoms with Crippen LogP contribution in [0.25, 0.3) is 0 Å². The van der Waals surface area contributed by atoms with Crippen molar-refractivity contribution in [1.82, 2.24) is 5.32 Å². The zero-order valence-corrected chi connectivity index (χ0v) is 13.8. The van der Waals surface area contributed by atoms with Gasteiger partial charge >= 0.3 is 0 Å². The molecule has 0 aliphatic rings. The van der Waals surface area contributed by atoms with E-state index in [1.807, 2.05) is 24.3 Å². The number of hydrogen-bond acceptors (Lipinski definition) is 2. The molecule has 0 bridgehead atoms. The number of nitrogens with one attached hydrogen (secondary N) is 1. The van der Waals surface area contributed by atoms with E-state index >= 15 is 0 Å². The van der Waals surface area contributed by atoms with E-state index in [0.29, 0.717) is 0 Å². The lowest BCUT2D eigenvalue weighted by Crippen LogP contribution is -2.32. The highest BCUT2D eigenvalue weighted by Gasteiger charge is 2.13. The third-order valence-corrected chi connectivity index (χ3v) is 4.26. The average Bonchev–Trinajstić information content (AvgIpc) is 2.44. The highest BCUT2D eigenvalue weighted by molar-refractivity contribution is 7.99. The molecule has 1 amide bonds. The summed E-state index contributed by atoms with van der Waals surface area (Å²) in [6, 6.07) is 8.11. The molecule has 1 atom stereocenters. The van der Waals surface area contributed by atoms with Crippen molar-refractivity contribution in [3.63, 3.8) is 0 Å². The first-order valence-electron chi connectivity index (χ1n) is 7.71. The lowest BCUT2D eigenvalue weighted by molar-refractivity contribution is 0.0935. The normalized spacial score (nSPS) is 12.2. The molecule has 0 aliphatic heterocycles. The molecule has 0 aromatic heterocycles. The number of amides is 1. The quantitative estimate of drug-likeness (QED) is 0.519. The van der Waals surface area contributed by atoms with E-state index in [1.54, 1.807) is 11.8 Å². The molecule has 1 N–H and O–H groups in total. The molecule has 0 spiro atoms. The van der Waals surface area contributed by atoms with Gasteiger partial charge in [-0.1, -0.05) is 51.7 Å². The maximum atomic E-state index is 12.3. The Hall–Kier alpha value is -0.960. The summed E-state index contributed by atoms with van der Waals surface area (Å²) in [4.78, 5) is 13.4. The smallest absolute Gasteiger partial charge is 0.252 e. The second-order valence-corrected chi connectivity index (χ2v) is 6.46. The monoisotopic (exact) mass is 293 g/mol. The molecular formula is C17H27NOS. The molecule has 1 aromatic carbocycles. The maximum absolute atomic E-state index is 12.3. The minimum atomic E-state index is 0.0598. The fourth-order valence-electron chi connectivity index (χ4n) is 2.19. The summed E-state index contributed by atoms with van der Waals surface area (Å²) in [5.41, 5.74) is 0.805. The lowest BCUT2D eigenvalue weighted by Gasteiger charge is -2.15. The molecule has 0 heterocycles. The van der Waals surface area contributed by atoms with Gasteiger partial charge in [-0.15, -0.1) is 11.8 Å². The van der Waals surface area contributed by atoms with E-state index in [9.17, 15) is 4.79 Å². The molecule has 0 saturated heterocycles.